The van der Waals surface area contributed by atoms with Crippen molar-refractivity contribution in [2.24, 2.45) is 0 Å². The Morgan fingerprint density at radius 1 is 1.03 bits per heavy atom. The van der Waals surface area contributed by atoms with Gasteiger partial charge in [0.15, 0.2) is 10.9 Å². The highest BCUT2D eigenvalue weighted by Crippen LogP contribution is 2.23. The molecule has 3 aromatic carbocycles. The number of carbonyl (C=O) groups excluding carboxylic acids is 1. The maximum atomic E-state index is 13.3. The molecule has 0 atom stereocenters. The lowest BCUT2D eigenvalue weighted by atomic mass is 10.1. The van der Waals surface area contributed by atoms with E-state index in [0.717, 1.165) is 5.56 Å². The Hall–Kier alpha value is -3.09. The highest BCUT2D eigenvalue weighted by Gasteiger charge is 2.16. The second-order valence-electron chi connectivity index (χ2n) is 6.83. The highest BCUT2D eigenvalue weighted by molar-refractivity contribution is 7.99. The number of fused-ring (bicyclic) bond motifs is 1. The van der Waals surface area contributed by atoms with Crippen LogP contribution in [0.15, 0.2) is 82.7 Å². The standard InChI is InChI=1S/C24H19ClN2O3S/c1-30-22-9-5-2-6-17(22)14-27-23(29)19-7-3-4-8-20(19)26-24(27)31-15-21(28)16-10-12-18(25)13-11-16/h2-13H,14-15H2,1H3. The van der Waals surface area contributed by atoms with Crippen molar-refractivity contribution in [3.05, 3.63) is 99.3 Å². The molecule has 31 heavy (non-hydrogen) atoms. The van der Waals surface area contributed by atoms with Gasteiger partial charge in [-0.1, -0.05) is 53.7 Å². The van der Waals surface area contributed by atoms with Crippen molar-refractivity contribution in [3.63, 3.8) is 0 Å². The summed E-state index contributed by atoms with van der Waals surface area (Å²) >= 11 is 7.15. The third-order valence-corrected chi connectivity index (χ3v) is 6.07. The Bertz CT molecular complexity index is 1300. The first-order valence-electron chi connectivity index (χ1n) is 9.60. The maximum Gasteiger partial charge on any atom is 0.262 e. The normalized spacial score (nSPS) is 10.9. The average Bonchev–Trinajstić information content (AvgIpc) is 2.80. The number of halogens is 1. The molecule has 4 rings (SSSR count). The average molecular weight is 451 g/mol. The van der Waals surface area contributed by atoms with E-state index in [1.165, 1.54) is 11.8 Å². The summed E-state index contributed by atoms with van der Waals surface area (Å²) < 4.78 is 7.04. The Kier molecular flexibility index (Phi) is 6.39. The van der Waals surface area contributed by atoms with Crippen LogP contribution >= 0.6 is 23.4 Å². The van der Waals surface area contributed by atoms with Crippen LogP contribution in [0, 0.1) is 0 Å². The molecule has 1 aromatic heterocycles. The molecule has 0 aliphatic heterocycles. The minimum absolute atomic E-state index is 0.0621. The summed E-state index contributed by atoms with van der Waals surface area (Å²) in [4.78, 5) is 30.6. The fourth-order valence-corrected chi connectivity index (χ4v) is 4.27. The number of thioether (sulfide) groups is 1. The Balaban J connectivity index is 1.71. The summed E-state index contributed by atoms with van der Waals surface area (Å²) in [6.07, 6.45) is 0. The maximum absolute atomic E-state index is 13.3. The molecule has 0 amide bonds. The molecule has 0 N–H and O–H groups in total. The SMILES string of the molecule is COc1ccccc1Cn1c(SCC(=O)c2ccc(Cl)cc2)nc2ccccc2c1=O. The predicted octanol–water partition coefficient (Wildman–Crippen LogP) is 5.08. The minimum Gasteiger partial charge on any atom is -0.496 e. The van der Waals surface area contributed by atoms with Gasteiger partial charge in [0.2, 0.25) is 0 Å². The number of aromatic nitrogens is 2. The highest BCUT2D eigenvalue weighted by atomic mass is 35.5. The van der Waals surface area contributed by atoms with Crippen molar-refractivity contribution in [1.82, 2.24) is 9.55 Å². The van der Waals surface area contributed by atoms with Gasteiger partial charge < -0.3 is 4.74 Å². The summed E-state index contributed by atoms with van der Waals surface area (Å²) in [7, 11) is 1.60. The molecule has 156 valence electrons. The number of rotatable bonds is 7. The molecular formula is C24H19ClN2O3S. The zero-order valence-corrected chi connectivity index (χ0v) is 18.3. The van der Waals surface area contributed by atoms with Crippen LogP contribution in [0.5, 0.6) is 5.75 Å². The van der Waals surface area contributed by atoms with Crippen molar-refractivity contribution < 1.29 is 9.53 Å². The monoisotopic (exact) mass is 450 g/mol. The number of para-hydroxylation sites is 2. The van der Waals surface area contributed by atoms with Crippen LogP contribution in [0.4, 0.5) is 0 Å². The molecule has 4 aromatic rings. The summed E-state index contributed by atoms with van der Waals surface area (Å²) in [5.41, 5.74) is 1.87. The second kappa shape index (κ2) is 9.37. The smallest absolute Gasteiger partial charge is 0.262 e. The van der Waals surface area contributed by atoms with Crippen molar-refractivity contribution in [2.45, 2.75) is 11.7 Å². The molecule has 0 saturated heterocycles. The van der Waals surface area contributed by atoms with Gasteiger partial charge in [-0.25, -0.2) is 4.98 Å². The largest absolute Gasteiger partial charge is 0.496 e. The Morgan fingerprint density at radius 2 is 1.74 bits per heavy atom. The minimum atomic E-state index is -0.155. The first kappa shape index (κ1) is 21.2. The van der Waals surface area contributed by atoms with E-state index in [4.69, 9.17) is 16.3 Å². The lowest BCUT2D eigenvalue weighted by Gasteiger charge is -2.15. The number of hydrogen-bond acceptors (Lipinski definition) is 5. The first-order valence-corrected chi connectivity index (χ1v) is 11.0. The zero-order valence-electron chi connectivity index (χ0n) is 16.7. The van der Waals surface area contributed by atoms with Crippen LogP contribution < -0.4 is 10.3 Å². The van der Waals surface area contributed by atoms with Gasteiger partial charge in [-0.05, 0) is 42.5 Å². The van der Waals surface area contributed by atoms with Gasteiger partial charge in [-0.3, -0.25) is 14.2 Å². The van der Waals surface area contributed by atoms with E-state index in [-0.39, 0.29) is 23.6 Å². The van der Waals surface area contributed by atoms with Crippen LogP contribution in [0.2, 0.25) is 5.02 Å². The van der Waals surface area contributed by atoms with Gasteiger partial charge in [0.05, 0.1) is 30.3 Å². The molecular weight excluding hydrogens is 432 g/mol. The molecule has 0 unspecified atom stereocenters. The van der Waals surface area contributed by atoms with E-state index in [9.17, 15) is 9.59 Å². The molecule has 0 saturated carbocycles. The lowest BCUT2D eigenvalue weighted by Crippen LogP contribution is -2.24. The Morgan fingerprint density at radius 3 is 2.52 bits per heavy atom. The summed E-state index contributed by atoms with van der Waals surface area (Å²) in [6.45, 7) is 0.290. The van der Waals surface area contributed by atoms with Gasteiger partial charge in [0, 0.05) is 16.1 Å². The van der Waals surface area contributed by atoms with Gasteiger partial charge in [-0.15, -0.1) is 0 Å². The fourth-order valence-electron chi connectivity index (χ4n) is 3.25. The van der Waals surface area contributed by atoms with Crippen molar-refractivity contribution >= 4 is 40.0 Å². The molecule has 5 nitrogen and oxygen atoms in total. The molecule has 1 heterocycles. The van der Waals surface area contributed by atoms with E-state index in [1.807, 2.05) is 36.4 Å². The molecule has 0 aliphatic rings. The van der Waals surface area contributed by atoms with Crippen LogP contribution in [-0.2, 0) is 6.54 Å². The van der Waals surface area contributed by atoms with E-state index in [0.29, 0.717) is 32.4 Å². The third kappa shape index (κ3) is 4.65. The summed E-state index contributed by atoms with van der Waals surface area (Å²) in [6, 6.07) is 21.5. The molecule has 0 spiro atoms. The van der Waals surface area contributed by atoms with Crippen molar-refractivity contribution in [2.75, 3.05) is 12.9 Å². The predicted molar refractivity (Wildman–Crippen MR) is 125 cm³/mol. The third-order valence-electron chi connectivity index (χ3n) is 4.85. The summed E-state index contributed by atoms with van der Waals surface area (Å²) in [5, 5.41) is 1.59. The van der Waals surface area contributed by atoms with Crippen LogP contribution in [0.1, 0.15) is 15.9 Å². The molecule has 0 fully saturated rings. The van der Waals surface area contributed by atoms with E-state index in [2.05, 4.69) is 4.98 Å². The number of Topliss-reactive ketones (excluding diaryl/α,β-unsaturated/α-hetero) is 1. The van der Waals surface area contributed by atoms with Crippen LogP contribution in [-0.4, -0.2) is 28.2 Å². The van der Waals surface area contributed by atoms with Crippen LogP contribution in [0.3, 0.4) is 0 Å². The fraction of sp³-hybridized carbons (Fsp3) is 0.125. The van der Waals surface area contributed by atoms with Crippen molar-refractivity contribution in [3.8, 4) is 5.75 Å². The van der Waals surface area contributed by atoms with E-state index < -0.39 is 0 Å². The van der Waals surface area contributed by atoms with E-state index in [1.54, 1.807) is 48.1 Å². The molecule has 0 radical (unpaired) electrons. The van der Waals surface area contributed by atoms with Crippen LogP contribution in [0.25, 0.3) is 10.9 Å². The number of ether oxygens (including phenoxy) is 1. The topological polar surface area (TPSA) is 61.2 Å². The number of ketones is 1. The number of hydrogen-bond donors (Lipinski definition) is 0. The van der Waals surface area contributed by atoms with Gasteiger partial charge in [-0.2, -0.15) is 0 Å². The first-order chi connectivity index (χ1) is 15.1. The number of methoxy groups -OCH3 is 1. The van der Waals surface area contributed by atoms with Crippen molar-refractivity contribution in [1.29, 1.82) is 0 Å². The molecule has 0 aliphatic carbocycles. The quantitative estimate of drug-likeness (QED) is 0.223. The zero-order chi connectivity index (χ0) is 21.8. The Labute approximate surface area is 188 Å². The van der Waals surface area contributed by atoms with Gasteiger partial charge in [0.25, 0.3) is 5.56 Å². The van der Waals surface area contributed by atoms with Gasteiger partial charge >= 0.3 is 0 Å². The number of carbonyl (C=O) groups is 1. The molecule has 7 heteroatoms. The van der Waals surface area contributed by atoms with Gasteiger partial charge in [0.1, 0.15) is 5.75 Å². The second-order valence-corrected chi connectivity index (χ2v) is 8.21. The lowest BCUT2D eigenvalue weighted by molar-refractivity contribution is 0.102. The summed E-state index contributed by atoms with van der Waals surface area (Å²) in [5.74, 6) is 0.780. The number of nitrogens with zero attached hydrogens (tertiary/aromatic N) is 2. The molecule has 0 bridgehead atoms. The van der Waals surface area contributed by atoms with E-state index >= 15 is 0 Å². The number of benzene rings is 3.